The quantitative estimate of drug-likeness (QED) is 0.256. The molecule has 0 unspecified atom stereocenters. The van der Waals surface area contributed by atoms with Crippen LogP contribution in [0.5, 0.6) is 5.75 Å². The van der Waals surface area contributed by atoms with E-state index in [2.05, 4.69) is 10.4 Å². The Bertz CT molecular complexity index is 1280. The predicted molar refractivity (Wildman–Crippen MR) is 137 cm³/mol. The van der Waals surface area contributed by atoms with E-state index < -0.39 is 36.3 Å². The predicted octanol–water partition coefficient (Wildman–Crippen LogP) is -0.657. The van der Waals surface area contributed by atoms with Gasteiger partial charge in [0.05, 0.1) is 30.7 Å². The molecule has 0 aliphatic heterocycles. The average Bonchev–Trinajstić information content (AvgIpc) is 3.26. The van der Waals surface area contributed by atoms with Gasteiger partial charge in [0, 0.05) is 30.9 Å². The van der Waals surface area contributed by atoms with Gasteiger partial charge in [0.2, 0.25) is 0 Å². The zero-order valence-electron chi connectivity index (χ0n) is 22.4. The van der Waals surface area contributed by atoms with Crippen molar-refractivity contribution in [2.75, 3.05) is 7.11 Å². The van der Waals surface area contributed by atoms with Crippen molar-refractivity contribution in [1.82, 2.24) is 15.1 Å². The number of carboxylic acids is 1. The molecule has 2 atom stereocenters. The molecule has 0 saturated carbocycles. The molecule has 0 bridgehead atoms. The van der Waals surface area contributed by atoms with Gasteiger partial charge < -0.3 is 30.2 Å². The second-order valence-corrected chi connectivity index (χ2v) is 9.11. The molecule has 11 heteroatoms. The van der Waals surface area contributed by atoms with Gasteiger partial charge in [-0.3, -0.25) is 4.79 Å². The molecule has 3 N–H and O–H groups in total. The molecule has 0 spiro atoms. The number of rotatable bonds is 12. The Balaban J connectivity index is 0.00000533. The van der Waals surface area contributed by atoms with E-state index in [1.807, 2.05) is 26.0 Å². The summed E-state index contributed by atoms with van der Waals surface area (Å²) in [5.74, 6) is -1.73. The molecule has 0 aliphatic rings. The topological polar surface area (TPSA) is 137 Å². The van der Waals surface area contributed by atoms with Gasteiger partial charge in [0.1, 0.15) is 11.6 Å². The van der Waals surface area contributed by atoms with Gasteiger partial charge in [0.15, 0.2) is 5.69 Å². The van der Waals surface area contributed by atoms with E-state index >= 15 is 0 Å². The number of aliphatic hydroxyl groups is 2. The van der Waals surface area contributed by atoms with Crippen LogP contribution in [0.2, 0.25) is 0 Å². The van der Waals surface area contributed by atoms with Gasteiger partial charge in [-0.05, 0) is 54.0 Å². The number of carbonyl (C=O) groups is 2. The number of nitrogens with zero attached hydrogens (tertiary/aromatic N) is 2. The maximum Gasteiger partial charge on any atom is 1.00 e. The first-order valence-corrected chi connectivity index (χ1v) is 12.1. The van der Waals surface area contributed by atoms with Crippen LogP contribution in [-0.2, 0) is 11.3 Å². The van der Waals surface area contributed by atoms with Gasteiger partial charge in [0.25, 0.3) is 5.91 Å². The zero-order chi connectivity index (χ0) is 27.8. The number of carbonyl (C=O) groups excluding carboxylic acids is 2. The number of aromatic nitrogens is 2. The van der Waals surface area contributed by atoms with E-state index in [9.17, 15) is 29.3 Å². The Morgan fingerprint density at radius 2 is 1.77 bits per heavy atom. The van der Waals surface area contributed by atoms with Gasteiger partial charge in [-0.15, -0.1) is 0 Å². The largest absolute Gasteiger partial charge is 1.00 e. The number of hydrogen-bond donors (Lipinski definition) is 3. The first kappa shape index (κ1) is 32.2. The normalized spacial score (nSPS) is 12.7. The van der Waals surface area contributed by atoms with Crippen molar-refractivity contribution in [3.05, 3.63) is 82.9 Å². The number of ether oxygens (including phenoxy) is 1. The molecular weight excluding hydrogens is 516 g/mol. The maximum absolute atomic E-state index is 13.6. The van der Waals surface area contributed by atoms with Crippen molar-refractivity contribution < 1.29 is 63.6 Å². The Kier molecular flexibility index (Phi) is 12.3. The molecule has 1 aromatic heterocycles. The SMILES string of the molecule is COc1ccc(CNC(=O)c2nn(-c3ccc(F)cc3)c(/C=C/[C@@H](O)C[C@@H](O)CC(=O)[O-])c2C(C)C)cc1.[Na+]. The molecule has 9 nitrogen and oxygen atoms in total. The van der Waals surface area contributed by atoms with Crippen molar-refractivity contribution in [1.29, 1.82) is 0 Å². The number of benzene rings is 2. The van der Waals surface area contributed by atoms with Gasteiger partial charge >= 0.3 is 29.6 Å². The van der Waals surface area contributed by atoms with Gasteiger partial charge in [-0.1, -0.05) is 32.1 Å². The third-order valence-corrected chi connectivity index (χ3v) is 5.83. The molecular formula is C28H31FN3NaO6. The minimum absolute atomic E-state index is 0. The zero-order valence-corrected chi connectivity index (χ0v) is 24.4. The van der Waals surface area contributed by atoms with Crippen LogP contribution in [0.1, 0.15) is 59.9 Å². The van der Waals surface area contributed by atoms with E-state index in [4.69, 9.17) is 4.74 Å². The minimum atomic E-state index is -1.42. The van der Waals surface area contributed by atoms with E-state index in [1.54, 1.807) is 25.3 Å². The molecule has 3 aromatic rings. The summed E-state index contributed by atoms with van der Waals surface area (Å²) in [7, 11) is 1.57. The van der Waals surface area contributed by atoms with E-state index in [0.717, 1.165) is 5.56 Å². The molecule has 0 saturated heterocycles. The second-order valence-electron chi connectivity index (χ2n) is 9.11. The van der Waals surface area contributed by atoms with Crippen LogP contribution in [0.25, 0.3) is 11.8 Å². The fourth-order valence-corrected chi connectivity index (χ4v) is 3.96. The molecule has 1 amide bonds. The monoisotopic (exact) mass is 547 g/mol. The third kappa shape index (κ3) is 9.01. The summed E-state index contributed by atoms with van der Waals surface area (Å²) in [6.45, 7) is 4.04. The molecule has 3 rings (SSSR count). The molecule has 0 aliphatic carbocycles. The second kappa shape index (κ2) is 14.9. The average molecular weight is 548 g/mol. The van der Waals surface area contributed by atoms with Crippen LogP contribution in [0, 0.1) is 5.82 Å². The van der Waals surface area contributed by atoms with E-state index in [1.165, 1.54) is 35.0 Å². The number of aliphatic hydroxyl groups excluding tert-OH is 2. The molecule has 202 valence electrons. The Labute approximate surface area is 248 Å². The number of halogens is 1. The number of amides is 1. The smallest absolute Gasteiger partial charge is 0.550 e. The summed E-state index contributed by atoms with van der Waals surface area (Å²) in [5.41, 5.74) is 2.61. The summed E-state index contributed by atoms with van der Waals surface area (Å²) >= 11 is 0. The Morgan fingerprint density at radius 1 is 1.13 bits per heavy atom. The van der Waals surface area contributed by atoms with Crippen molar-refractivity contribution >= 4 is 18.0 Å². The summed E-state index contributed by atoms with van der Waals surface area (Å²) < 4.78 is 20.2. The Hall–Kier alpha value is -3.02. The minimum Gasteiger partial charge on any atom is -0.550 e. The molecule has 0 radical (unpaired) electrons. The number of carboxylic acid groups (broad SMARTS) is 1. The number of hydrogen-bond acceptors (Lipinski definition) is 7. The van der Waals surface area contributed by atoms with Crippen molar-refractivity contribution in [2.24, 2.45) is 0 Å². The van der Waals surface area contributed by atoms with Crippen LogP contribution in [0.4, 0.5) is 4.39 Å². The summed E-state index contributed by atoms with van der Waals surface area (Å²) in [6.07, 6.45) is -0.336. The fraction of sp³-hybridized carbons (Fsp3) is 0.321. The number of aliphatic carboxylic acids is 1. The molecule has 1 heterocycles. The molecule has 0 fully saturated rings. The van der Waals surface area contributed by atoms with Crippen LogP contribution >= 0.6 is 0 Å². The summed E-state index contributed by atoms with van der Waals surface area (Å²) in [5, 5.41) is 38.3. The number of nitrogens with one attached hydrogen (secondary N) is 1. The van der Waals surface area contributed by atoms with E-state index in [-0.39, 0.29) is 54.1 Å². The van der Waals surface area contributed by atoms with Crippen LogP contribution < -0.4 is 44.7 Å². The fourth-order valence-electron chi connectivity index (χ4n) is 3.96. The summed E-state index contributed by atoms with van der Waals surface area (Å²) in [6, 6.07) is 12.8. The molecule has 2 aromatic carbocycles. The Morgan fingerprint density at radius 3 is 2.33 bits per heavy atom. The van der Waals surface area contributed by atoms with E-state index in [0.29, 0.717) is 22.7 Å². The van der Waals surface area contributed by atoms with Gasteiger partial charge in [-0.25, -0.2) is 9.07 Å². The first-order valence-electron chi connectivity index (χ1n) is 12.1. The first-order chi connectivity index (χ1) is 18.1. The van der Waals surface area contributed by atoms with Crippen molar-refractivity contribution in [3.8, 4) is 11.4 Å². The van der Waals surface area contributed by atoms with Crippen molar-refractivity contribution in [3.63, 3.8) is 0 Å². The maximum atomic E-state index is 13.6. The molecule has 39 heavy (non-hydrogen) atoms. The third-order valence-electron chi connectivity index (χ3n) is 5.83. The standard InChI is InChI=1S/C28H32FN3O6.Na/c1-17(2)26-24(13-10-21(33)14-22(34)15-25(35)36)32(20-8-6-19(29)7-9-20)31-27(26)28(37)30-16-18-4-11-23(38-3)12-5-18;/h4-13,17,21-22,33-34H,14-16H2,1-3H3,(H,30,37)(H,35,36);/q;+1/p-1/b13-10+;/t21-,22-;/m1./s1. The van der Waals surface area contributed by atoms with Crippen LogP contribution in [0.3, 0.4) is 0 Å². The van der Waals surface area contributed by atoms with Gasteiger partial charge in [-0.2, -0.15) is 5.10 Å². The van der Waals surface area contributed by atoms with Crippen molar-refractivity contribution in [2.45, 2.75) is 51.4 Å². The van der Waals surface area contributed by atoms with Crippen LogP contribution in [0.15, 0.2) is 54.6 Å². The van der Waals surface area contributed by atoms with Crippen LogP contribution in [-0.4, -0.2) is 51.2 Å². The summed E-state index contributed by atoms with van der Waals surface area (Å²) in [4.78, 5) is 24.0. The number of methoxy groups -OCH3 is 1.